The molecular weight excluding hydrogens is 364 g/mol. The van der Waals surface area contributed by atoms with E-state index in [4.69, 9.17) is 16.1 Å². The van der Waals surface area contributed by atoms with Crippen LogP contribution < -0.4 is 4.90 Å². The third-order valence-corrected chi connectivity index (χ3v) is 4.43. The lowest BCUT2D eigenvalue weighted by Gasteiger charge is -2.16. The van der Waals surface area contributed by atoms with Gasteiger partial charge in [-0.1, -0.05) is 28.9 Å². The van der Waals surface area contributed by atoms with Crippen LogP contribution >= 0.6 is 11.6 Å². The highest BCUT2D eigenvalue weighted by Gasteiger charge is 2.36. The lowest BCUT2D eigenvalue weighted by molar-refractivity contribution is -0.117. The van der Waals surface area contributed by atoms with Gasteiger partial charge in [0.25, 0.3) is 0 Å². The first-order valence-electron chi connectivity index (χ1n) is 7.86. The van der Waals surface area contributed by atoms with Gasteiger partial charge in [0, 0.05) is 23.6 Å². The topological polar surface area (TPSA) is 59.2 Å². The molecule has 1 fully saturated rings. The average molecular weight is 376 g/mol. The van der Waals surface area contributed by atoms with Crippen molar-refractivity contribution in [2.75, 3.05) is 11.4 Å². The van der Waals surface area contributed by atoms with Crippen LogP contribution in [0.3, 0.4) is 0 Å². The van der Waals surface area contributed by atoms with Crippen LogP contribution in [0.5, 0.6) is 0 Å². The fourth-order valence-electron chi connectivity index (χ4n) is 2.95. The first kappa shape index (κ1) is 16.7. The predicted molar refractivity (Wildman–Crippen MR) is 90.8 cm³/mol. The summed E-state index contributed by atoms with van der Waals surface area (Å²) in [7, 11) is 0. The van der Waals surface area contributed by atoms with E-state index < -0.39 is 11.6 Å². The molecule has 1 atom stereocenters. The van der Waals surface area contributed by atoms with Crippen LogP contribution in [0.15, 0.2) is 47.0 Å². The number of hydrogen-bond donors (Lipinski definition) is 0. The molecule has 2 heterocycles. The van der Waals surface area contributed by atoms with Gasteiger partial charge in [0.2, 0.25) is 17.6 Å². The Morgan fingerprint density at radius 1 is 1.19 bits per heavy atom. The third kappa shape index (κ3) is 3.06. The number of benzene rings is 2. The van der Waals surface area contributed by atoms with Crippen molar-refractivity contribution in [2.24, 2.45) is 0 Å². The molecule has 2 aromatic carbocycles. The lowest BCUT2D eigenvalue weighted by atomic mass is 10.1. The zero-order valence-electron chi connectivity index (χ0n) is 13.3. The minimum atomic E-state index is -0.572. The number of rotatable bonds is 3. The molecule has 1 amide bonds. The Hall–Kier alpha value is -2.80. The molecule has 4 rings (SSSR count). The molecule has 0 spiro atoms. The van der Waals surface area contributed by atoms with Crippen LogP contribution in [0, 0.1) is 11.6 Å². The van der Waals surface area contributed by atoms with E-state index >= 15 is 0 Å². The van der Waals surface area contributed by atoms with Gasteiger partial charge in [-0.05, 0) is 30.3 Å². The van der Waals surface area contributed by atoms with Crippen molar-refractivity contribution < 1.29 is 18.1 Å². The Bertz CT molecular complexity index is 992. The molecule has 0 radical (unpaired) electrons. The normalized spacial score (nSPS) is 17.1. The van der Waals surface area contributed by atoms with Crippen LogP contribution in [0.2, 0.25) is 5.02 Å². The number of carbonyl (C=O) groups excluding carboxylic acids is 1. The Balaban J connectivity index is 1.58. The second kappa shape index (κ2) is 6.49. The van der Waals surface area contributed by atoms with Crippen molar-refractivity contribution in [3.05, 3.63) is 65.0 Å². The van der Waals surface area contributed by atoms with Gasteiger partial charge in [-0.2, -0.15) is 4.98 Å². The summed E-state index contributed by atoms with van der Waals surface area (Å²) in [5.41, 5.74) is 0.636. The van der Waals surface area contributed by atoms with Gasteiger partial charge >= 0.3 is 0 Å². The molecule has 1 unspecified atom stereocenters. The highest BCUT2D eigenvalue weighted by Crippen LogP contribution is 2.33. The molecule has 132 valence electrons. The molecule has 8 heteroatoms. The van der Waals surface area contributed by atoms with Crippen LogP contribution in [-0.4, -0.2) is 22.6 Å². The zero-order valence-corrected chi connectivity index (χ0v) is 14.1. The molecule has 0 aliphatic carbocycles. The van der Waals surface area contributed by atoms with Gasteiger partial charge in [0.05, 0.1) is 11.6 Å². The van der Waals surface area contributed by atoms with E-state index in [1.54, 1.807) is 12.1 Å². The summed E-state index contributed by atoms with van der Waals surface area (Å²) < 4.78 is 32.7. The SMILES string of the molecule is O=C1CC(c2nc(-c3cccc(F)c3)no2)CN1c1ccc(Cl)cc1F. The molecule has 26 heavy (non-hydrogen) atoms. The maximum Gasteiger partial charge on any atom is 0.232 e. The predicted octanol–water partition coefficient (Wildman–Crippen LogP) is 4.19. The highest BCUT2D eigenvalue weighted by atomic mass is 35.5. The molecule has 0 N–H and O–H groups in total. The van der Waals surface area contributed by atoms with E-state index in [0.717, 1.165) is 6.07 Å². The van der Waals surface area contributed by atoms with E-state index in [1.807, 2.05) is 0 Å². The maximum atomic E-state index is 14.1. The molecule has 5 nitrogen and oxygen atoms in total. The monoisotopic (exact) mass is 375 g/mol. The Morgan fingerprint density at radius 3 is 2.81 bits per heavy atom. The summed E-state index contributed by atoms with van der Waals surface area (Å²) in [6.45, 7) is 0.210. The Kier molecular flexibility index (Phi) is 4.16. The minimum Gasteiger partial charge on any atom is -0.339 e. The summed E-state index contributed by atoms with van der Waals surface area (Å²) in [6, 6.07) is 9.96. The molecule has 3 aromatic rings. The van der Waals surface area contributed by atoms with Crippen LogP contribution in [-0.2, 0) is 4.79 Å². The lowest BCUT2D eigenvalue weighted by Crippen LogP contribution is -2.25. The quantitative estimate of drug-likeness (QED) is 0.688. The molecular formula is C18H12ClF2N3O2. The molecule has 1 aliphatic heterocycles. The molecule has 1 aromatic heterocycles. The average Bonchev–Trinajstić information content (AvgIpc) is 3.22. The summed E-state index contributed by atoms with van der Waals surface area (Å²) in [4.78, 5) is 17.9. The molecule has 0 saturated carbocycles. The van der Waals surface area contributed by atoms with Crippen LogP contribution in [0.4, 0.5) is 14.5 Å². The van der Waals surface area contributed by atoms with E-state index in [-0.39, 0.29) is 47.2 Å². The highest BCUT2D eigenvalue weighted by molar-refractivity contribution is 6.30. The second-order valence-corrected chi connectivity index (χ2v) is 6.40. The van der Waals surface area contributed by atoms with Crippen molar-refractivity contribution in [1.29, 1.82) is 0 Å². The van der Waals surface area contributed by atoms with E-state index in [1.165, 1.54) is 29.2 Å². The second-order valence-electron chi connectivity index (χ2n) is 5.97. The fourth-order valence-corrected chi connectivity index (χ4v) is 3.11. The maximum absolute atomic E-state index is 14.1. The number of hydrogen-bond acceptors (Lipinski definition) is 4. The molecule has 1 aliphatic rings. The van der Waals surface area contributed by atoms with Gasteiger partial charge in [-0.3, -0.25) is 4.79 Å². The van der Waals surface area contributed by atoms with Crippen molar-refractivity contribution in [2.45, 2.75) is 12.3 Å². The van der Waals surface area contributed by atoms with Crippen molar-refractivity contribution in [1.82, 2.24) is 10.1 Å². The van der Waals surface area contributed by atoms with Crippen molar-refractivity contribution in [3.8, 4) is 11.4 Å². The Morgan fingerprint density at radius 2 is 2.04 bits per heavy atom. The number of nitrogens with zero attached hydrogens (tertiary/aromatic N) is 3. The van der Waals surface area contributed by atoms with Crippen LogP contribution in [0.1, 0.15) is 18.2 Å². The summed E-state index contributed by atoms with van der Waals surface area (Å²) >= 11 is 5.75. The number of halogens is 3. The van der Waals surface area contributed by atoms with E-state index in [2.05, 4.69) is 10.1 Å². The smallest absolute Gasteiger partial charge is 0.232 e. The van der Waals surface area contributed by atoms with Crippen LogP contribution in [0.25, 0.3) is 11.4 Å². The zero-order chi connectivity index (χ0) is 18.3. The van der Waals surface area contributed by atoms with Gasteiger partial charge in [-0.15, -0.1) is 0 Å². The minimum absolute atomic E-state index is 0.118. The van der Waals surface area contributed by atoms with Gasteiger partial charge in [0.15, 0.2) is 0 Å². The fraction of sp³-hybridized carbons (Fsp3) is 0.167. The van der Waals surface area contributed by atoms with E-state index in [9.17, 15) is 13.6 Å². The van der Waals surface area contributed by atoms with E-state index in [0.29, 0.717) is 5.56 Å². The number of anilines is 1. The van der Waals surface area contributed by atoms with Crippen molar-refractivity contribution >= 4 is 23.2 Å². The Labute approximate surface area is 152 Å². The summed E-state index contributed by atoms with van der Waals surface area (Å²) in [6.07, 6.45) is 0.118. The van der Waals surface area contributed by atoms with Crippen molar-refractivity contribution in [3.63, 3.8) is 0 Å². The first-order chi connectivity index (χ1) is 12.5. The summed E-state index contributed by atoms with van der Waals surface area (Å²) in [5, 5.41) is 4.11. The first-order valence-corrected chi connectivity index (χ1v) is 8.24. The third-order valence-electron chi connectivity index (χ3n) is 4.20. The van der Waals surface area contributed by atoms with Gasteiger partial charge < -0.3 is 9.42 Å². The molecule has 1 saturated heterocycles. The number of carbonyl (C=O) groups is 1. The van der Waals surface area contributed by atoms with Gasteiger partial charge in [-0.25, -0.2) is 8.78 Å². The summed E-state index contributed by atoms with van der Waals surface area (Å²) in [5.74, 6) is -1.10. The van der Waals surface area contributed by atoms with Gasteiger partial charge in [0.1, 0.15) is 11.6 Å². The number of aromatic nitrogens is 2. The standard InChI is InChI=1S/C18H12ClF2N3O2/c19-12-4-5-15(14(21)8-12)24-9-11(7-16(24)25)18-22-17(23-26-18)10-2-1-3-13(20)6-10/h1-6,8,11H,7,9H2. The largest absolute Gasteiger partial charge is 0.339 e. The number of amides is 1. The molecule has 0 bridgehead atoms.